The minimum Gasteiger partial charge on any atom is -0.443 e. The van der Waals surface area contributed by atoms with Crippen molar-refractivity contribution in [2.24, 2.45) is 5.92 Å². The second kappa shape index (κ2) is 6.58. The van der Waals surface area contributed by atoms with E-state index in [1.54, 1.807) is 12.1 Å². The van der Waals surface area contributed by atoms with Gasteiger partial charge in [-0.05, 0) is 18.6 Å². The standard InChI is InChI=1S/C18H16N2O7/c21-14-6-5-13(17(24)19(14)9-27-18(25)10-7-26-8-10)20-15(22)11-3-1-2-4-12(11)16(20)23/h1-4,10,13H,5-9H2. The summed E-state index contributed by atoms with van der Waals surface area (Å²) in [4.78, 5) is 63.6. The van der Waals surface area contributed by atoms with Crippen LogP contribution in [0.4, 0.5) is 0 Å². The van der Waals surface area contributed by atoms with Gasteiger partial charge in [0.05, 0.1) is 24.3 Å². The normalized spacial score (nSPS) is 22.7. The first-order chi connectivity index (χ1) is 13.0. The second-order valence-electron chi connectivity index (χ2n) is 6.57. The first-order valence-corrected chi connectivity index (χ1v) is 8.54. The number of piperidine rings is 1. The van der Waals surface area contributed by atoms with E-state index in [1.165, 1.54) is 12.1 Å². The lowest BCUT2D eigenvalue weighted by atomic mass is 10.0. The Morgan fingerprint density at radius 3 is 2.26 bits per heavy atom. The molecule has 3 aliphatic heterocycles. The lowest BCUT2D eigenvalue weighted by Gasteiger charge is -2.34. The minimum atomic E-state index is -1.10. The lowest BCUT2D eigenvalue weighted by Crippen LogP contribution is -2.56. The number of nitrogens with zero attached hydrogens (tertiary/aromatic N) is 2. The van der Waals surface area contributed by atoms with Gasteiger partial charge >= 0.3 is 5.97 Å². The molecule has 1 unspecified atom stereocenters. The molecule has 4 amide bonds. The number of amides is 4. The molecule has 27 heavy (non-hydrogen) atoms. The number of benzene rings is 1. The molecule has 3 heterocycles. The van der Waals surface area contributed by atoms with E-state index < -0.39 is 48.3 Å². The molecule has 4 rings (SSSR count). The Morgan fingerprint density at radius 1 is 1.07 bits per heavy atom. The number of carbonyl (C=O) groups excluding carboxylic acids is 5. The minimum absolute atomic E-state index is 0.0338. The Morgan fingerprint density at radius 2 is 1.70 bits per heavy atom. The van der Waals surface area contributed by atoms with Crippen molar-refractivity contribution in [1.29, 1.82) is 0 Å². The third-order valence-electron chi connectivity index (χ3n) is 4.93. The quantitative estimate of drug-likeness (QED) is 0.538. The van der Waals surface area contributed by atoms with E-state index in [4.69, 9.17) is 9.47 Å². The van der Waals surface area contributed by atoms with Crippen molar-refractivity contribution >= 4 is 29.6 Å². The summed E-state index contributed by atoms with van der Waals surface area (Å²) < 4.78 is 9.93. The highest BCUT2D eigenvalue weighted by Crippen LogP contribution is 2.29. The highest BCUT2D eigenvalue weighted by Gasteiger charge is 2.47. The van der Waals surface area contributed by atoms with Crippen molar-refractivity contribution in [2.45, 2.75) is 18.9 Å². The lowest BCUT2D eigenvalue weighted by molar-refractivity contribution is -0.173. The first kappa shape index (κ1) is 17.3. The molecule has 1 aromatic rings. The van der Waals surface area contributed by atoms with Crippen LogP contribution in [0.2, 0.25) is 0 Å². The summed E-state index contributed by atoms with van der Waals surface area (Å²) >= 11 is 0. The van der Waals surface area contributed by atoms with Crippen LogP contribution in [-0.2, 0) is 23.9 Å². The van der Waals surface area contributed by atoms with Crippen LogP contribution in [0.3, 0.4) is 0 Å². The summed E-state index contributed by atoms with van der Waals surface area (Å²) in [6.45, 7) is -0.0382. The number of ether oxygens (including phenoxy) is 2. The van der Waals surface area contributed by atoms with Crippen LogP contribution in [0, 0.1) is 5.92 Å². The van der Waals surface area contributed by atoms with Gasteiger partial charge in [-0.25, -0.2) is 4.90 Å². The molecular weight excluding hydrogens is 356 g/mol. The number of fused-ring (bicyclic) bond motifs is 1. The molecule has 0 N–H and O–H groups in total. The van der Waals surface area contributed by atoms with Crippen molar-refractivity contribution in [3.05, 3.63) is 35.4 Å². The van der Waals surface area contributed by atoms with Crippen LogP contribution in [0.25, 0.3) is 0 Å². The first-order valence-electron chi connectivity index (χ1n) is 8.54. The molecule has 9 nitrogen and oxygen atoms in total. The second-order valence-corrected chi connectivity index (χ2v) is 6.57. The molecule has 2 saturated heterocycles. The molecule has 140 valence electrons. The number of likely N-dealkylation sites (tertiary alicyclic amines) is 1. The van der Waals surface area contributed by atoms with Crippen LogP contribution in [0.5, 0.6) is 0 Å². The van der Waals surface area contributed by atoms with Crippen molar-refractivity contribution in [3.8, 4) is 0 Å². The third kappa shape index (κ3) is 2.80. The van der Waals surface area contributed by atoms with Gasteiger partial charge in [0.15, 0.2) is 6.73 Å². The number of carbonyl (C=O) groups is 5. The summed E-state index contributed by atoms with van der Waals surface area (Å²) in [6.07, 6.45) is 0.0119. The largest absolute Gasteiger partial charge is 0.443 e. The number of hydrogen-bond acceptors (Lipinski definition) is 7. The highest BCUT2D eigenvalue weighted by molar-refractivity contribution is 6.23. The summed E-state index contributed by atoms with van der Waals surface area (Å²) in [7, 11) is 0. The molecule has 9 heteroatoms. The fraction of sp³-hybridized carbons (Fsp3) is 0.389. The maximum atomic E-state index is 12.8. The SMILES string of the molecule is O=C(OCN1C(=O)CCC(N2C(=O)c3ccccc3C2=O)C1=O)C1COC1. The van der Waals surface area contributed by atoms with E-state index in [9.17, 15) is 24.0 Å². The molecule has 3 aliphatic rings. The maximum absolute atomic E-state index is 12.8. The van der Waals surface area contributed by atoms with Crippen molar-refractivity contribution in [2.75, 3.05) is 19.9 Å². The van der Waals surface area contributed by atoms with Crippen LogP contribution >= 0.6 is 0 Å². The molecule has 0 bridgehead atoms. The molecule has 1 atom stereocenters. The van der Waals surface area contributed by atoms with Crippen molar-refractivity contribution in [3.63, 3.8) is 0 Å². The Kier molecular flexibility index (Phi) is 4.23. The molecule has 0 aliphatic carbocycles. The highest BCUT2D eigenvalue weighted by atomic mass is 16.6. The Bertz CT molecular complexity index is 826. The molecule has 1 aromatic carbocycles. The zero-order valence-electron chi connectivity index (χ0n) is 14.3. The Hall–Kier alpha value is -3.07. The van der Waals surface area contributed by atoms with Crippen LogP contribution in [-0.4, -0.2) is 65.4 Å². The van der Waals surface area contributed by atoms with Gasteiger partial charge < -0.3 is 9.47 Å². The third-order valence-corrected chi connectivity index (χ3v) is 4.93. The van der Waals surface area contributed by atoms with Gasteiger partial charge in [0.1, 0.15) is 12.0 Å². The summed E-state index contributed by atoms with van der Waals surface area (Å²) in [6, 6.07) is 5.22. The number of rotatable bonds is 4. The molecular formula is C18H16N2O7. The van der Waals surface area contributed by atoms with E-state index in [0.717, 1.165) is 9.80 Å². The number of imide groups is 2. The monoisotopic (exact) mass is 372 g/mol. The van der Waals surface area contributed by atoms with Gasteiger partial charge in [-0.2, -0.15) is 0 Å². The summed E-state index contributed by atoms with van der Waals surface area (Å²) in [5, 5.41) is 0. The Balaban J connectivity index is 1.50. The molecule has 2 fully saturated rings. The van der Waals surface area contributed by atoms with Crippen molar-refractivity contribution < 1.29 is 33.4 Å². The fourth-order valence-corrected chi connectivity index (χ4v) is 3.31. The smallest absolute Gasteiger partial charge is 0.315 e. The zero-order chi connectivity index (χ0) is 19.1. The number of esters is 1. The maximum Gasteiger partial charge on any atom is 0.315 e. The zero-order valence-corrected chi connectivity index (χ0v) is 14.3. The van der Waals surface area contributed by atoms with E-state index in [0.29, 0.717) is 0 Å². The molecule has 0 saturated carbocycles. The van der Waals surface area contributed by atoms with Gasteiger partial charge in [-0.3, -0.25) is 28.9 Å². The van der Waals surface area contributed by atoms with Crippen molar-refractivity contribution in [1.82, 2.24) is 9.80 Å². The summed E-state index contributed by atoms with van der Waals surface area (Å²) in [5.41, 5.74) is 0.463. The predicted octanol–water partition coefficient (Wildman–Crippen LogP) is -0.0527. The number of hydrogen-bond donors (Lipinski definition) is 0. The molecule has 0 aromatic heterocycles. The van der Waals surface area contributed by atoms with Gasteiger partial charge in [0.25, 0.3) is 17.7 Å². The van der Waals surface area contributed by atoms with Gasteiger partial charge in [-0.15, -0.1) is 0 Å². The molecule has 0 radical (unpaired) electrons. The van der Waals surface area contributed by atoms with Gasteiger partial charge in [0, 0.05) is 6.42 Å². The fourth-order valence-electron chi connectivity index (χ4n) is 3.31. The van der Waals surface area contributed by atoms with E-state index >= 15 is 0 Å². The average Bonchev–Trinajstić information content (AvgIpc) is 2.85. The average molecular weight is 372 g/mol. The molecule has 0 spiro atoms. The van der Waals surface area contributed by atoms with E-state index in [-0.39, 0.29) is 37.2 Å². The summed E-state index contributed by atoms with van der Waals surface area (Å²) in [5.74, 6) is -3.31. The Labute approximate surface area is 153 Å². The van der Waals surface area contributed by atoms with Crippen LogP contribution in [0.1, 0.15) is 33.6 Å². The van der Waals surface area contributed by atoms with Gasteiger partial charge in [0.2, 0.25) is 5.91 Å². The van der Waals surface area contributed by atoms with Crippen LogP contribution in [0.15, 0.2) is 24.3 Å². The van der Waals surface area contributed by atoms with Gasteiger partial charge in [-0.1, -0.05) is 12.1 Å². The van der Waals surface area contributed by atoms with E-state index in [1.807, 2.05) is 0 Å². The van der Waals surface area contributed by atoms with Crippen LogP contribution < -0.4 is 0 Å². The topological polar surface area (TPSA) is 110 Å². The van der Waals surface area contributed by atoms with E-state index in [2.05, 4.69) is 0 Å². The predicted molar refractivity (Wildman–Crippen MR) is 87.1 cm³/mol.